The van der Waals surface area contributed by atoms with E-state index in [0.29, 0.717) is 35.6 Å². The lowest BCUT2D eigenvalue weighted by molar-refractivity contribution is 0.0634. The molecule has 3 aliphatic rings. The summed E-state index contributed by atoms with van der Waals surface area (Å²) in [7, 11) is -3.03. The Hall–Kier alpha value is -2.42. The van der Waals surface area contributed by atoms with Gasteiger partial charge in [0, 0.05) is 18.2 Å². The second-order valence-corrected chi connectivity index (χ2v) is 10.2. The number of hydrogen-bond donors (Lipinski definition) is 0. The molecule has 0 radical (unpaired) electrons. The minimum absolute atomic E-state index is 0.0223. The molecule has 0 saturated carbocycles. The standard InChI is InChI=1S/C21H17ClFNO5S/c22-16-2-1-3-17(23)14(16)8-19-20(25)13-4-5-18-15(21(13)29-19)9-24(11-28-18)12-6-7-30(26,27)10-12/h1-5,8,12H,6-7,9-11H2/t12-/m0/s1. The zero-order chi connectivity index (χ0) is 21.0. The molecule has 1 fully saturated rings. The van der Waals surface area contributed by atoms with Gasteiger partial charge in [0.1, 0.15) is 24.0 Å². The van der Waals surface area contributed by atoms with Crippen molar-refractivity contribution in [2.45, 2.75) is 19.0 Å². The predicted molar refractivity (Wildman–Crippen MR) is 109 cm³/mol. The molecule has 2 aromatic rings. The molecule has 0 aromatic heterocycles. The fourth-order valence-corrected chi connectivity index (χ4v) is 6.03. The molecule has 156 valence electrons. The van der Waals surface area contributed by atoms with Crippen LogP contribution in [0.15, 0.2) is 36.1 Å². The lowest BCUT2D eigenvalue weighted by atomic mass is 10.0. The molecule has 9 heteroatoms. The second kappa shape index (κ2) is 7.08. The fraction of sp³-hybridized carbons (Fsp3) is 0.286. The van der Waals surface area contributed by atoms with Crippen LogP contribution >= 0.6 is 11.6 Å². The monoisotopic (exact) mass is 449 g/mol. The van der Waals surface area contributed by atoms with Gasteiger partial charge in [0.25, 0.3) is 0 Å². The number of halogens is 2. The number of nitrogens with zero attached hydrogens (tertiary/aromatic N) is 1. The average Bonchev–Trinajstić information content (AvgIpc) is 3.24. The van der Waals surface area contributed by atoms with Crippen LogP contribution in [0.3, 0.4) is 0 Å². The van der Waals surface area contributed by atoms with Gasteiger partial charge in [-0.3, -0.25) is 9.69 Å². The van der Waals surface area contributed by atoms with Crippen molar-refractivity contribution >= 4 is 33.3 Å². The molecule has 6 nitrogen and oxygen atoms in total. The third-order valence-electron chi connectivity index (χ3n) is 5.64. The summed E-state index contributed by atoms with van der Waals surface area (Å²) in [4.78, 5) is 14.8. The molecule has 0 amide bonds. The van der Waals surface area contributed by atoms with Gasteiger partial charge in [-0.2, -0.15) is 0 Å². The highest BCUT2D eigenvalue weighted by atomic mass is 35.5. The minimum atomic E-state index is -3.03. The van der Waals surface area contributed by atoms with Crippen LogP contribution in [0.25, 0.3) is 6.08 Å². The summed E-state index contributed by atoms with van der Waals surface area (Å²) in [6.07, 6.45) is 1.85. The van der Waals surface area contributed by atoms with Gasteiger partial charge in [-0.25, -0.2) is 12.8 Å². The summed E-state index contributed by atoms with van der Waals surface area (Å²) in [5, 5.41) is 0.175. The van der Waals surface area contributed by atoms with Crippen molar-refractivity contribution in [3.05, 3.63) is 63.6 Å². The van der Waals surface area contributed by atoms with Gasteiger partial charge >= 0.3 is 0 Å². The van der Waals surface area contributed by atoms with E-state index < -0.39 is 15.7 Å². The zero-order valence-electron chi connectivity index (χ0n) is 15.7. The molecule has 0 aliphatic carbocycles. The number of rotatable bonds is 2. The lowest BCUT2D eigenvalue weighted by Crippen LogP contribution is -2.41. The Morgan fingerprint density at radius 2 is 2.07 bits per heavy atom. The van der Waals surface area contributed by atoms with E-state index in [1.807, 2.05) is 4.90 Å². The molecule has 1 saturated heterocycles. The third kappa shape index (κ3) is 3.29. The Kier molecular flexibility index (Phi) is 4.61. The predicted octanol–water partition coefficient (Wildman–Crippen LogP) is 3.43. The Morgan fingerprint density at radius 3 is 2.80 bits per heavy atom. The van der Waals surface area contributed by atoms with Crippen molar-refractivity contribution in [3.63, 3.8) is 0 Å². The first-order valence-corrected chi connectivity index (χ1v) is 11.6. The normalized spacial score (nSPS) is 23.7. The highest BCUT2D eigenvalue weighted by molar-refractivity contribution is 7.91. The van der Waals surface area contributed by atoms with Gasteiger partial charge in [-0.05, 0) is 36.8 Å². The number of fused-ring (bicyclic) bond motifs is 3. The first-order chi connectivity index (χ1) is 14.3. The highest BCUT2D eigenvalue weighted by Gasteiger charge is 2.38. The Labute approximate surface area is 177 Å². The molecule has 0 unspecified atom stereocenters. The maximum atomic E-state index is 14.1. The quantitative estimate of drug-likeness (QED) is 0.654. The van der Waals surface area contributed by atoms with Crippen LogP contribution in [-0.4, -0.2) is 43.4 Å². The summed E-state index contributed by atoms with van der Waals surface area (Å²) in [5.41, 5.74) is 1.12. The Balaban J connectivity index is 1.48. The van der Waals surface area contributed by atoms with E-state index in [0.717, 1.165) is 0 Å². The zero-order valence-corrected chi connectivity index (χ0v) is 17.3. The molecule has 3 aliphatic heterocycles. The van der Waals surface area contributed by atoms with Crippen LogP contribution < -0.4 is 9.47 Å². The van der Waals surface area contributed by atoms with Gasteiger partial charge < -0.3 is 9.47 Å². The largest absolute Gasteiger partial charge is 0.478 e. The summed E-state index contributed by atoms with van der Waals surface area (Å²) in [5.74, 6) is 0.266. The number of carbonyl (C=O) groups excluding carboxylic acids is 1. The van der Waals surface area contributed by atoms with E-state index in [1.54, 1.807) is 12.1 Å². The molecule has 30 heavy (non-hydrogen) atoms. The molecular formula is C21H17ClFNO5S. The number of hydrogen-bond acceptors (Lipinski definition) is 6. The van der Waals surface area contributed by atoms with Crippen molar-refractivity contribution in [3.8, 4) is 11.5 Å². The molecule has 2 aromatic carbocycles. The summed E-state index contributed by atoms with van der Waals surface area (Å²) < 4.78 is 49.5. The van der Waals surface area contributed by atoms with E-state index >= 15 is 0 Å². The Bertz CT molecular complexity index is 1190. The van der Waals surface area contributed by atoms with E-state index in [4.69, 9.17) is 21.1 Å². The number of ether oxygens (including phenoxy) is 2. The number of sulfone groups is 1. The highest BCUT2D eigenvalue weighted by Crippen LogP contribution is 2.43. The number of benzene rings is 2. The topological polar surface area (TPSA) is 72.9 Å². The molecule has 3 heterocycles. The van der Waals surface area contributed by atoms with Crippen molar-refractivity contribution in [1.82, 2.24) is 4.90 Å². The average molecular weight is 450 g/mol. The van der Waals surface area contributed by atoms with Crippen molar-refractivity contribution < 1.29 is 27.1 Å². The molecule has 0 spiro atoms. The maximum absolute atomic E-state index is 14.1. The van der Waals surface area contributed by atoms with Gasteiger partial charge in [-0.1, -0.05) is 17.7 Å². The number of Topliss-reactive ketones (excluding diaryl/α,β-unsaturated/α-hetero) is 1. The van der Waals surface area contributed by atoms with Crippen LogP contribution in [0, 0.1) is 5.82 Å². The van der Waals surface area contributed by atoms with Gasteiger partial charge in [0.15, 0.2) is 15.6 Å². The van der Waals surface area contributed by atoms with Crippen LogP contribution in [0.4, 0.5) is 4.39 Å². The summed E-state index contributed by atoms with van der Waals surface area (Å²) in [6, 6.07) is 7.47. The van der Waals surface area contributed by atoms with E-state index in [9.17, 15) is 17.6 Å². The number of ketones is 1. The second-order valence-electron chi connectivity index (χ2n) is 7.57. The molecular weight excluding hydrogens is 433 g/mol. The van der Waals surface area contributed by atoms with Crippen molar-refractivity contribution in [2.75, 3.05) is 18.2 Å². The van der Waals surface area contributed by atoms with E-state index in [1.165, 1.54) is 24.3 Å². The lowest BCUT2D eigenvalue weighted by Gasteiger charge is -2.33. The summed E-state index contributed by atoms with van der Waals surface area (Å²) in [6.45, 7) is 0.674. The number of allylic oxidation sites excluding steroid dienone is 1. The van der Waals surface area contributed by atoms with Crippen LogP contribution in [-0.2, 0) is 16.4 Å². The minimum Gasteiger partial charge on any atom is -0.478 e. The van der Waals surface area contributed by atoms with Crippen LogP contribution in [0.2, 0.25) is 5.02 Å². The molecule has 5 rings (SSSR count). The Morgan fingerprint density at radius 1 is 1.23 bits per heavy atom. The smallest absolute Gasteiger partial charge is 0.231 e. The summed E-state index contributed by atoms with van der Waals surface area (Å²) >= 11 is 6.07. The van der Waals surface area contributed by atoms with Gasteiger partial charge in [0.2, 0.25) is 5.78 Å². The van der Waals surface area contributed by atoms with Gasteiger partial charge in [0.05, 0.1) is 27.7 Å². The van der Waals surface area contributed by atoms with Crippen molar-refractivity contribution in [1.29, 1.82) is 0 Å². The van der Waals surface area contributed by atoms with E-state index in [-0.39, 0.29) is 46.4 Å². The molecule has 1 atom stereocenters. The van der Waals surface area contributed by atoms with E-state index in [2.05, 4.69) is 0 Å². The SMILES string of the molecule is O=C1C(=Cc2c(F)cccc2Cl)Oc2c1ccc1c2CN([C@H]2CCS(=O)(=O)C2)CO1. The van der Waals surface area contributed by atoms with Crippen LogP contribution in [0.5, 0.6) is 11.5 Å². The van der Waals surface area contributed by atoms with Crippen LogP contribution in [0.1, 0.15) is 27.9 Å². The molecule has 0 N–H and O–H groups in total. The van der Waals surface area contributed by atoms with Gasteiger partial charge in [-0.15, -0.1) is 0 Å². The third-order valence-corrected chi connectivity index (χ3v) is 7.72. The molecule has 0 bridgehead atoms. The first-order valence-electron chi connectivity index (χ1n) is 9.44. The van der Waals surface area contributed by atoms with Crippen molar-refractivity contribution in [2.24, 2.45) is 0 Å². The number of carbonyl (C=O) groups is 1. The first kappa shape index (κ1) is 19.5. The maximum Gasteiger partial charge on any atom is 0.231 e. The fourth-order valence-electron chi connectivity index (χ4n) is 4.05.